The summed E-state index contributed by atoms with van der Waals surface area (Å²) < 4.78 is 53.8. The zero-order chi connectivity index (χ0) is 26.7. The number of fused-ring (bicyclic) bond motifs is 1. The molecule has 3 aromatic rings. The second-order valence-electron chi connectivity index (χ2n) is 8.58. The molecule has 0 unspecified atom stereocenters. The van der Waals surface area contributed by atoms with E-state index in [-0.39, 0.29) is 47.5 Å². The Morgan fingerprint density at radius 2 is 1.95 bits per heavy atom. The van der Waals surface area contributed by atoms with Crippen LogP contribution in [0.15, 0.2) is 29.4 Å². The fraction of sp³-hybridized carbons (Fsp3) is 0.455. The van der Waals surface area contributed by atoms with E-state index in [0.29, 0.717) is 25.9 Å². The standard InChI is InChI=1S/C22H26FN7O6S/c1-4-18(31)27-37(33,34)15-5-6-17(16(23)11-15)30-20-19(26-28-30)21(25-12-24-20)36-14-7-9-29(10-8-14)22(32)35-13(2)3/h5-6,11-14H,4,7-10H2,1-3H3,(H,27,31). The zero-order valence-corrected chi connectivity index (χ0v) is 21.2. The molecule has 198 valence electrons. The molecule has 2 aromatic heterocycles. The van der Waals surface area contributed by atoms with Crippen molar-refractivity contribution in [1.82, 2.24) is 34.6 Å². The lowest BCUT2D eigenvalue weighted by molar-refractivity contribution is -0.119. The van der Waals surface area contributed by atoms with Gasteiger partial charge in [-0.15, -0.1) is 5.10 Å². The molecule has 0 radical (unpaired) electrons. The van der Waals surface area contributed by atoms with Crippen LogP contribution in [0.25, 0.3) is 16.9 Å². The van der Waals surface area contributed by atoms with Crippen molar-refractivity contribution in [3.05, 3.63) is 30.3 Å². The normalized spacial score (nSPS) is 14.7. The molecule has 1 fully saturated rings. The lowest BCUT2D eigenvalue weighted by Gasteiger charge is -2.31. The fourth-order valence-electron chi connectivity index (χ4n) is 3.67. The number of hydrogen-bond acceptors (Lipinski definition) is 10. The number of likely N-dealkylation sites (tertiary alicyclic amines) is 1. The minimum atomic E-state index is -4.22. The van der Waals surface area contributed by atoms with Crippen LogP contribution in [-0.2, 0) is 19.6 Å². The molecule has 1 N–H and O–H groups in total. The smallest absolute Gasteiger partial charge is 0.410 e. The largest absolute Gasteiger partial charge is 0.472 e. The summed E-state index contributed by atoms with van der Waals surface area (Å²) in [4.78, 5) is 33.1. The van der Waals surface area contributed by atoms with Crippen LogP contribution in [0.5, 0.6) is 5.88 Å². The number of sulfonamides is 1. The van der Waals surface area contributed by atoms with Gasteiger partial charge in [-0.3, -0.25) is 4.79 Å². The lowest BCUT2D eigenvalue weighted by atomic mass is 10.1. The highest BCUT2D eigenvalue weighted by Crippen LogP contribution is 2.26. The van der Waals surface area contributed by atoms with Crippen molar-refractivity contribution in [3.8, 4) is 11.6 Å². The summed E-state index contributed by atoms with van der Waals surface area (Å²) in [6, 6.07) is 3.13. The summed E-state index contributed by atoms with van der Waals surface area (Å²) in [5.74, 6) is -1.47. The summed E-state index contributed by atoms with van der Waals surface area (Å²) in [6.07, 6.45) is 1.46. The third-order valence-corrected chi connectivity index (χ3v) is 6.92. The molecule has 0 bridgehead atoms. The maximum atomic E-state index is 15.0. The Bertz CT molecular complexity index is 1420. The Morgan fingerprint density at radius 1 is 1.22 bits per heavy atom. The van der Waals surface area contributed by atoms with Gasteiger partial charge in [-0.2, -0.15) is 9.67 Å². The quantitative estimate of drug-likeness (QED) is 0.474. The number of aromatic nitrogens is 5. The Balaban J connectivity index is 1.52. The number of ether oxygens (including phenoxy) is 2. The fourth-order valence-corrected chi connectivity index (χ4v) is 4.74. The van der Waals surface area contributed by atoms with Crippen molar-refractivity contribution in [2.24, 2.45) is 0 Å². The molecule has 0 spiro atoms. The van der Waals surface area contributed by atoms with Crippen molar-refractivity contribution >= 4 is 33.2 Å². The minimum absolute atomic E-state index is 0.0430. The van der Waals surface area contributed by atoms with E-state index in [1.165, 1.54) is 19.3 Å². The molecular formula is C22H26FN7O6S. The Hall–Kier alpha value is -3.88. The molecule has 0 atom stereocenters. The first-order chi connectivity index (χ1) is 17.6. The second kappa shape index (κ2) is 10.6. The Kier molecular flexibility index (Phi) is 7.52. The molecule has 0 saturated carbocycles. The number of hydrogen-bond donors (Lipinski definition) is 1. The molecule has 2 amide bonds. The third kappa shape index (κ3) is 5.76. The van der Waals surface area contributed by atoms with E-state index in [4.69, 9.17) is 9.47 Å². The van der Waals surface area contributed by atoms with E-state index < -0.39 is 26.6 Å². The van der Waals surface area contributed by atoms with Gasteiger partial charge in [0.2, 0.25) is 11.8 Å². The zero-order valence-electron chi connectivity index (χ0n) is 20.4. The SMILES string of the molecule is CCC(=O)NS(=O)(=O)c1ccc(-n2nnc3c(OC4CCN(C(=O)OC(C)C)CC4)ncnc32)c(F)c1. The van der Waals surface area contributed by atoms with Crippen LogP contribution in [-0.4, -0.2) is 75.6 Å². The average Bonchev–Trinajstić information content (AvgIpc) is 3.28. The van der Waals surface area contributed by atoms with E-state index in [1.807, 2.05) is 4.72 Å². The van der Waals surface area contributed by atoms with Gasteiger partial charge in [0.15, 0.2) is 11.2 Å². The summed E-state index contributed by atoms with van der Waals surface area (Å²) in [6.45, 7) is 5.98. The highest BCUT2D eigenvalue weighted by atomic mass is 32.2. The predicted molar refractivity (Wildman–Crippen MR) is 127 cm³/mol. The number of nitrogens with zero attached hydrogens (tertiary/aromatic N) is 6. The Labute approximate surface area is 212 Å². The third-order valence-electron chi connectivity index (χ3n) is 5.55. The monoisotopic (exact) mass is 535 g/mol. The van der Waals surface area contributed by atoms with E-state index in [1.54, 1.807) is 18.7 Å². The van der Waals surface area contributed by atoms with Gasteiger partial charge in [-0.05, 0) is 32.0 Å². The van der Waals surface area contributed by atoms with Gasteiger partial charge in [0, 0.05) is 32.4 Å². The number of carbonyl (C=O) groups is 2. The molecule has 13 nitrogen and oxygen atoms in total. The van der Waals surface area contributed by atoms with E-state index in [9.17, 15) is 22.4 Å². The molecule has 0 aliphatic carbocycles. The molecule has 1 aromatic carbocycles. The van der Waals surface area contributed by atoms with Crippen molar-refractivity contribution in [3.63, 3.8) is 0 Å². The highest BCUT2D eigenvalue weighted by Gasteiger charge is 2.27. The first-order valence-corrected chi connectivity index (χ1v) is 13.1. The predicted octanol–water partition coefficient (Wildman–Crippen LogP) is 1.95. The van der Waals surface area contributed by atoms with Crippen molar-refractivity contribution in [2.45, 2.75) is 57.1 Å². The van der Waals surface area contributed by atoms with Gasteiger partial charge < -0.3 is 14.4 Å². The van der Waals surface area contributed by atoms with Crippen LogP contribution in [0.3, 0.4) is 0 Å². The van der Waals surface area contributed by atoms with Crippen molar-refractivity contribution in [2.75, 3.05) is 13.1 Å². The molecule has 1 aliphatic rings. The maximum absolute atomic E-state index is 15.0. The van der Waals surface area contributed by atoms with E-state index in [0.717, 1.165) is 16.8 Å². The molecule has 15 heteroatoms. The number of benzene rings is 1. The topological polar surface area (TPSA) is 158 Å². The van der Waals surface area contributed by atoms with Gasteiger partial charge in [0.05, 0.1) is 11.0 Å². The lowest BCUT2D eigenvalue weighted by Crippen LogP contribution is -2.42. The van der Waals surface area contributed by atoms with E-state index >= 15 is 0 Å². The maximum Gasteiger partial charge on any atom is 0.410 e. The summed E-state index contributed by atoms with van der Waals surface area (Å²) >= 11 is 0. The molecule has 37 heavy (non-hydrogen) atoms. The molecule has 1 saturated heterocycles. The first kappa shape index (κ1) is 26.2. The molecule has 1 aliphatic heterocycles. The van der Waals surface area contributed by atoms with Crippen LogP contribution in [0.4, 0.5) is 9.18 Å². The Morgan fingerprint density at radius 3 is 2.59 bits per heavy atom. The number of carbonyl (C=O) groups excluding carboxylic acids is 2. The van der Waals surface area contributed by atoms with Crippen LogP contribution >= 0.6 is 0 Å². The van der Waals surface area contributed by atoms with Gasteiger partial charge in [0.1, 0.15) is 23.9 Å². The van der Waals surface area contributed by atoms with Gasteiger partial charge in [-0.25, -0.2) is 27.3 Å². The van der Waals surface area contributed by atoms with Crippen molar-refractivity contribution in [1.29, 1.82) is 0 Å². The van der Waals surface area contributed by atoms with Crippen LogP contribution in [0.2, 0.25) is 0 Å². The minimum Gasteiger partial charge on any atom is -0.472 e. The molecular weight excluding hydrogens is 509 g/mol. The summed E-state index contributed by atoms with van der Waals surface area (Å²) in [5.41, 5.74) is 0.233. The summed E-state index contributed by atoms with van der Waals surface area (Å²) in [7, 11) is -4.22. The van der Waals surface area contributed by atoms with Crippen LogP contribution in [0, 0.1) is 5.82 Å². The number of nitrogens with one attached hydrogen (secondary N) is 1. The average molecular weight is 536 g/mol. The molecule has 4 rings (SSSR count). The van der Waals surface area contributed by atoms with Crippen LogP contribution < -0.4 is 9.46 Å². The van der Waals surface area contributed by atoms with Gasteiger partial charge >= 0.3 is 6.09 Å². The second-order valence-corrected chi connectivity index (χ2v) is 10.3. The summed E-state index contributed by atoms with van der Waals surface area (Å²) in [5, 5.41) is 7.99. The van der Waals surface area contributed by atoms with E-state index in [2.05, 4.69) is 20.3 Å². The highest BCUT2D eigenvalue weighted by molar-refractivity contribution is 7.90. The number of halogens is 1. The van der Waals surface area contributed by atoms with Gasteiger partial charge in [0.25, 0.3) is 10.0 Å². The van der Waals surface area contributed by atoms with Crippen molar-refractivity contribution < 1.29 is 31.9 Å². The number of piperidine rings is 1. The van der Waals surface area contributed by atoms with Gasteiger partial charge in [-0.1, -0.05) is 12.1 Å². The number of amides is 2. The first-order valence-electron chi connectivity index (χ1n) is 11.6. The number of rotatable bonds is 7. The molecule has 3 heterocycles. The van der Waals surface area contributed by atoms with Crippen LogP contribution in [0.1, 0.15) is 40.0 Å².